The van der Waals surface area contributed by atoms with Gasteiger partial charge in [-0.25, -0.2) is 4.79 Å². The van der Waals surface area contributed by atoms with E-state index in [9.17, 15) is 25.2 Å². The summed E-state index contributed by atoms with van der Waals surface area (Å²) in [5, 5.41) is 55.5. The van der Waals surface area contributed by atoms with Gasteiger partial charge in [0.05, 0.1) is 18.8 Å². The molecule has 1 rings (SSSR count). The van der Waals surface area contributed by atoms with Crippen LogP contribution in [0.15, 0.2) is 0 Å². The number of carboxylic acid groups (broad SMARTS) is 1. The van der Waals surface area contributed by atoms with E-state index in [1.54, 1.807) is 0 Å². The lowest BCUT2D eigenvalue weighted by atomic mass is 9.89. The number of carbonyl (C=O) groups is 1. The molecule has 1 aliphatic rings. The minimum atomic E-state index is -2.70. The van der Waals surface area contributed by atoms with E-state index in [0.29, 0.717) is 0 Å². The highest BCUT2D eigenvalue weighted by Crippen LogP contribution is 2.29. The fourth-order valence-electron chi connectivity index (χ4n) is 1.75. The molecule has 0 aromatic rings. The number of aliphatic hydroxyl groups excluding tert-OH is 4. The summed E-state index contributed by atoms with van der Waals surface area (Å²) in [4.78, 5) is 10.8. The third-order valence-corrected chi connectivity index (χ3v) is 2.89. The molecule has 0 amide bonds. The van der Waals surface area contributed by atoms with Crippen LogP contribution in [0.4, 0.5) is 0 Å². The summed E-state index contributed by atoms with van der Waals surface area (Å²) in [7, 11) is 0. The number of hydrogen-bond donors (Lipinski definition) is 7. The van der Waals surface area contributed by atoms with Crippen LogP contribution in [0.3, 0.4) is 0 Å². The largest absolute Gasteiger partial charge is 0.477 e. The predicted molar refractivity (Wildman–Crippen MR) is 55.2 cm³/mol. The maximum atomic E-state index is 10.8. The Labute approximate surface area is 102 Å². The first-order valence-electron chi connectivity index (χ1n) is 5.27. The molecule has 8 N–H and O–H groups in total. The average molecular weight is 267 g/mol. The number of aliphatic carboxylic acids is 1. The Morgan fingerprint density at radius 3 is 2.50 bits per heavy atom. The number of nitrogens with two attached hydrogens (primary N) is 1. The maximum Gasteiger partial charge on any atom is 0.364 e. The van der Waals surface area contributed by atoms with Gasteiger partial charge in [-0.15, -0.1) is 0 Å². The van der Waals surface area contributed by atoms with Gasteiger partial charge < -0.3 is 41.1 Å². The predicted octanol–water partition coefficient (Wildman–Crippen LogP) is -4.05. The van der Waals surface area contributed by atoms with Gasteiger partial charge in [-0.3, -0.25) is 0 Å². The molecule has 2 unspecified atom stereocenters. The first-order valence-corrected chi connectivity index (χ1v) is 5.27. The van der Waals surface area contributed by atoms with Crippen molar-refractivity contribution in [3.63, 3.8) is 0 Å². The number of hydrogen-bond acceptors (Lipinski definition) is 8. The Balaban J connectivity index is 2.92. The maximum absolute atomic E-state index is 10.8. The lowest BCUT2D eigenvalue weighted by Gasteiger charge is -2.43. The van der Waals surface area contributed by atoms with Crippen molar-refractivity contribution in [1.29, 1.82) is 0 Å². The normalized spacial score (nSPS) is 40.2. The monoisotopic (exact) mass is 267 g/mol. The first kappa shape index (κ1) is 15.2. The van der Waals surface area contributed by atoms with Crippen molar-refractivity contribution in [2.45, 2.75) is 42.7 Å². The zero-order chi connectivity index (χ0) is 14.1. The van der Waals surface area contributed by atoms with Gasteiger partial charge in [-0.05, 0) is 0 Å². The van der Waals surface area contributed by atoms with Gasteiger partial charge in [-0.2, -0.15) is 0 Å². The summed E-state index contributed by atoms with van der Waals surface area (Å²) < 4.78 is 4.75. The van der Waals surface area contributed by atoms with Crippen LogP contribution in [0, 0.1) is 0 Å². The Morgan fingerprint density at radius 2 is 2.06 bits per heavy atom. The molecule has 9 nitrogen and oxygen atoms in total. The lowest BCUT2D eigenvalue weighted by molar-refractivity contribution is -0.292. The third kappa shape index (κ3) is 2.78. The van der Waals surface area contributed by atoms with E-state index < -0.39 is 55.2 Å². The number of carboxylic acids is 1. The van der Waals surface area contributed by atoms with Gasteiger partial charge in [-0.1, -0.05) is 0 Å². The van der Waals surface area contributed by atoms with Crippen molar-refractivity contribution in [3.8, 4) is 0 Å². The summed E-state index contributed by atoms with van der Waals surface area (Å²) in [6.07, 6.45) is -7.01. The molecule has 0 bridgehead atoms. The van der Waals surface area contributed by atoms with Gasteiger partial charge in [0.25, 0.3) is 5.79 Å². The number of ether oxygens (including phenoxy) is 1. The zero-order valence-electron chi connectivity index (χ0n) is 9.38. The van der Waals surface area contributed by atoms with Crippen molar-refractivity contribution >= 4 is 5.97 Å². The van der Waals surface area contributed by atoms with Crippen molar-refractivity contribution in [2.75, 3.05) is 6.61 Å². The summed E-state index contributed by atoms with van der Waals surface area (Å²) in [5.74, 6) is -4.44. The quantitative estimate of drug-likeness (QED) is 0.267. The van der Waals surface area contributed by atoms with Crippen LogP contribution >= 0.6 is 0 Å². The van der Waals surface area contributed by atoms with Crippen molar-refractivity contribution in [1.82, 2.24) is 0 Å². The molecule has 9 heteroatoms. The molecule has 1 saturated heterocycles. The Hall–Kier alpha value is -0.810. The second-order valence-corrected chi connectivity index (χ2v) is 4.26. The van der Waals surface area contributed by atoms with E-state index in [1.165, 1.54) is 0 Å². The van der Waals surface area contributed by atoms with Gasteiger partial charge in [0.1, 0.15) is 18.3 Å². The van der Waals surface area contributed by atoms with E-state index in [2.05, 4.69) is 0 Å². The van der Waals surface area contributed by atoms with Crippen LogP contribution in [0.25, 0.3) is 0 Å². The van der Waals surface area contributed by atoms with Gasteiger partial charge in [0.2, 0.25) is 0 Å². The fourth-order valence-corrected chi connectivity index (χ4v) is 1.75. The molecular formula is C9H17NO8. The molecule has 0 aromatic carbocycles. The molecule has 0 spiro atoms. The van der Waals surface area contributed by atoms with Crippen molar-refractivity contribution < 1.29 is 40.2 Å². The fraction of sp³-hybridized carbons (Fsp3) is 0.889. The molecule has 0 saturated carbocycles. The van der Waals surface area contributed by atoms with Gasteiger partial charge >= 0.3 is 5.97 Å². The van der Waals surface area contributed by atoms with Crippen molar-refractivity contribution in [3.05, 3.63) is 0 Å². The van der Waals surface area contributed by atoms with Gasteiger partial charge in [0.15, 0.2) is 0 Å². The Morgan fingerprint density at radius 1 is 1.50 bits per heavy atom. The Bertz CT molecular complexity index is 313. The highest BCUT2D eigenvalue weighted by Gasteiger charge is 2.52. The van der Waals surface area contributed by atoms with Crippen LogP contribution in [-0.2, 0) is 9.53 Å². The minimum absolute atomic E-state index is 0.665. The standard InChI is InChI=1S/C9H17NO8/c10-5-3(12)1-9(17,8(15)16)18-7(5)6(14)4(13)2-11/h3-7,11-14,17H,1-2,10H2,(H,15,16)/t3?,4-,5-,6?,7-,9+/m1/s1. The van der Waals surface area contributed by atoms with E-state index >= 15 is 0 Å². The highest BCUT2D eigenvalue weighted by molar-refractivity contribution is 5.75. The summed E-state index contributed by atoms with van der Waals surface area (Å²) in [6, 6.07) is -1.21. The molecule has 1 heterocycles. The second kappa shape index (κ2) is 5.45. The molecule has 0 aliphatic carbocycles. The minimum Gasteiger partial charge on any atom is -0.477 e. The van der Waals surface area contributed by atoms with E-state index in [1.807, 2.05) is 0 Å². The van der Waals surface area contributed by atoms with Crippen LogP contribution in [0.5, 0.6) is 0 Å². The topological polar surface area (TPSA) is 174 Å². The zero-order valence-corrected chi connectivity index (χ0v) is 9.38. The average Bonchev–Trinajstić information content (AvgIpc) is 2.31. The summed E-state index contributed by atoms with van der Waals surface area (Å²) in [6.45, 7) is -0.810. The van der Waals surface area contributed by atoms with E-state index in [4.69, 9.17) is 20.7 Å². The summed E-state index contributed by atoms with van der Waals surface area (Å²) >= 11 is 0. The van der Waals surface area contributed by atoms with Crippen molar-refractivity contribution in [2.24, 2.45) is 5.73 Å². The molecule has 106 valence electrons. The van der Waals surface area contributed by atoms with E-state index in [-0.39, 0.29) is 0 Å². The molecule has 0 radical (unpaired) electrons. The van der Waals surface area contributed by atoms with Crippen LogP contribution in [0.2, 0.25) is 0 Å². The molecule has 1 aliphatic heterocycles. The van der Waals surface area contributed by atoms with Gasteiger partial charge in [0, 0.05) is 6.42 Å². The number of rotatable bonds is 4. The molecule has 6 atom stereocenters. The smallest absolute Gasteiger partial charge is 0.364 e. The molecule has 0 aromatic heterocycles. The highest BCUT2D eigenvalue weighted by atomic mass is 16.7. The lowest BCUT2D eigenvalue weighted by Crippen LogP contribution is -2.65. The van der Waals surface area contributed by atoms with Crippen LogP contribution in [-0.4, -0.2) is 79.5 Å². The second-order valence-electron chi connectivity index (χ2n) is 4.26. The van der Waals surface area contributed by atoms with E-state index in [0.717, 1.165) is 0 Å². The molecular weight excluding hydrogens is 250 g/mol. The number of aliphatic hydroxyl groups is 5. The first-order chi connectivity index (χ1) is 8.23. The third-order valence-electron chi connectivity index (χ3n) is 2.89. The molecule has 18 heavy (non-hydrogen) atoms. The molecule has 1 fully saturated rings. The van der Waals surface area contributed by atoms with Crippen LogP contribution in [0.1, 0.15) is 6.42 Å². The SMILES string of the molecule is N[C@@H]1C(O)C[C@@](O)(C(=O)O)O[C@H]1C(O)[C@H](O)CO. The van der Waals surface area contributed by atoms with Crippen LogP contribution < -0.4 is 5.73 Å². The Kier molecular flexibility index (Phi) is 4.61. The summed E-state index contributed by atoms with van der Waals surface area (Å²) in [5.41, 5.74) is 5.51.